The van der Waals surface area contributed by atoms with Crippen molar-refractivity contribution in [2.45, 2.75) is 31.7 Å². The van der Waals surface area contributed by atoms with Crippen molar-refractivity contribution < 1.29 is 14.3 Å². The fourth-order valence-corrected chi connectivity index (χ4v) is 2.14. The number of halogens is 1. The first-order valence-electron chi connectivity index (χ1n) is 6.33. The van der Waals surface area contributed by atoms with Gasteiger partial charge in [-0.15, -0.1) is 12.4 Å². The highest BCUT2D eigenvalue weighted by Crippen LogP contribution is 2.26. The van der Waals surface area contributed by atoms with E-state index in [0.717, 1.165) is 19.3 Å². The normalized spacial score (nSPS) is 22.6. The molecule has 1 aliphatic carbocycles. The molecule has 2 atom stereocenters. The molecule has 0 radical (unpaired) electrons. The van der Waals surface area contributed by atoms with E-state index in [1.807, 2.05) is 0 Å². The van der Waals surface area contributed by atoms with Crippen molar-refractivity contribution >= 4 is 18.3 Å². The molecule has 108 valence electrons. The third-order valence-electron chi connectivity index (χ3n) is 3.17. The molecule has 6 heteroatoms. The summed E-state index contributed by atoms with van der Waals surface area (Å²) in [6.45, 7) is 2.25. The number of nitrogens with one attached hydrogen (secondary N) is 1. The molecule has 1 fully saturated rings. The largest absolute Gasteiger partial charge is 0.382 e. The van der Waals surface area contributed by atoms with Crippen LogP contribution in [0.3, 0.4) is 0 Å². The van der Waals surface area contributed by atoms with Gasteiger partial charge in [0.2, 0.25) is 5.91 Å². The van der Waals surface area contributed by atoms with E-state index in [1.54, 1.807) is 7.11 Å². The molecule has 5 nitrogen and oxygen atoms in total. The van der Waals surface area contributed by atoms with Crippen LogP contribution in [-0.2, 0) is 14.3 Å². The summed E-state index contributed by atoms with van der Waals surface area (Å²) in [6.07, 6.45) is 3.84. The van der Waals surface area contributed by atoms with Crippen molar-refractivity contribution in [3.05, 3.63) is 0 Å². The molecular weight excluding hydrogens is 256 g/mol. The summed E-state index contributed by atoms with van der Waals surface area (Å²) < 4.78 is 10.1. The summed E-state index contributed by atoms with van der Waals surface area (Å²) >= 11 is 0. The maximum absolute atomic E-state index is 11.6. The van der Waals surface area contributed by atoms with Crippen LogP contribution in [0.1, 0.15) is 25.7 Å². The number of rotatable bonds is 8. The van der Waals surface area contributed by atoms with E-state index < -0.39 is 0 Å². The van der Waals surface area contributed by atoms with Gasteiger partial charge >= 0.3 is 0 Å². The average Bonchev–Trinajstić information content (AvgIpc) is 2.69. The van der Waals surface area contributed by atoms with E-state index in [1.165, 1.54) is 0 Å². The van der Waals surface area contributed by atoms with Crippen LogP contribution >= 0.6 is 12.4 Å². The van der Waals surface area contributed by atoms with Gasteiger partial charge in [-0.1, -0.05) is 6.42 Å². The lowest BCUT2D eigenvalue weighted by molar-refractivity contribution is -0.122. The van der Waals surface area contributed by atoms with Crippen molar-refractivity contribution in [1.82, 2.24) is 5.32 Å². The maximum Gasteiger partial charge on any atom is 0.220 e. The molecular formula is C12H25ClN2O3. The summed E-state index contributed by atoms with van der Waals surface area (Å²) in [5, 5.41) is 2.85. The fraction of sp³-hybridized carbons (Fsp3) is 0.917. The molecule has 18 heavy (non-hydrogen) atoms. The van der Waals surface area contributed by atoms with Crippen molar-refractivity contribution in [3.8, 4) is 0 Å². The Hall–Kier alpha value is -0.360. The van der Waals surface area contributed by atoms with E-state index in [9.17, 15) is 4.79 Å². The maximum atomic E-state index is 11.6. The second-order valence-electron chi connectivity index (χ2n) is 4.51. The SMILES string of the molecule is COCCOCCNC(=O)C[C@@H]1CCC[C@H]1N.Cl. The van der Waals surface area contributed by atoms with Gasteiger partial charge in [-0.2, -0.15) is 0 Å². The summed E-state index contributed by atoms with van der Waals surface area (Å²) in [6, 6.07) is 0.207. The zero-order valence-electron chi connectivity index (χ0n) is 11.0. The number of nitrogens with two attached hydrogens (primary N) is 1. The minimum atomic E-state index is 0. The van der Waals surface area contributed by atoms with Gasteiger partial charge in [0.25, 0.3) is 0 Å². The molecule has 0 bridgehead atoms. The average molecular weight is 281 g/mol. The van der Waals surface area contributed by atoms with Crippen molar-refractivity contribution in [2.24, 2.45) is 11.7 Å². The van der Waals surface area contributed by atoms with Crippen LogP contribution in [0.15, 0.2) is 0 Å². The highest BCUT2D eigenvalue weighted by atomic mass is 35.5. The quantitative estimate of drug-likeness (QED) is 0.642. The number of carbonyl (C=O) groups is 1. The van der Waals surface area contributed by atoms with Crippen molar-refractivity contribution in [1.29, 1.82) is 0 Å². The van der Waals surface area contributed by atoms with Crippen LogP contribution in [0.25, 0.3) is 0 Å². The van der Waals surface area contributed by atoms with E-state index in [4.69, 9.17) is 15.2 Å². The number of amides is 1. The molecule has 0 saturated heterocycles. The van der Waals surface area contributed by atoms with Crippen LogP contribution in [0.4, 0.5) is 0 Å². The predicted octanol–water partition coefficient (Wildman–Crippen LogP) is 0.705. The Bertz CT molecular complexity index is 229. The zero-order valence-corrected chi connectivity index (χ0v) is 11.8. The van der Waals surface area contributed by atoms with Crippen molar-refractivity contribution in [2.75, 3.05) is 33.5 Å². The number of ether oxygens (including phenoxy) is 2. The second kappa shape index (κ2) is 10.6. The summed E-state index contributed by atoms with van der Waals surface area (Å²) in [5.41, 5.74) is 5.92. The molecule has 0 unspecified atom stereocenters. The lowest BCUT2D eigenvalue weighted by atomic mass is 10.00. The van der Waals surface area contributed by atoms with Gasteiger partial charge < -0.3 is 20.5 Å². The number of methoxy groups -OCH3 is 1. The highest BCUT2D eigenvalue weighted by Gasteiger charge is 2.25. The third kappa shape index (κ3) is 7.16. The van der Waals surface area contributed by atoms with Crippen LogP contribution in [0.5, 0.6) is 0 Å². The first-order valence-corrected chi connectivity index (χ1v) is 6.33. The Morgan fingerprint density at radius 3 is 2.72 bits per heavy atom. The molecule has 1 aliphatic rings. The monoisotopic (exact) mass is 280 g/mol. The molecule has 3 N–H and O–H groups in total. The van der Waals surface area contributed by atoms with Gasteiger partial charge in [-0.05, 0) is 18.8 Å². The smallest absolute Gasteiger partial charge is 0.220 e. The number of carbonyl (C=O) groups excluding carboxylic acids is 1. The first-order chi connectivity index (χ1) is 8.24. The first kappa shape index (κ1) is 17.6. The lowest BCUT2D eigenvalue weighted by Gasteiger charge is -2.14. The molecule has 1 amide bonds. The second-order valence-corrected chi connectivity index (χ2v) is 4.51. The summed E-state index contributed by atoms with van der Waals surface area (Å²) in [4.78, 5) is 11.6. The zero-order chi connectivity index (χ0) is 12.5. The Kier molecular flexibility index (Phi) is 10.3. The predicted molar refractivity (Wildman–Crippen MR) is 72.9 cm³/mol. The Labute approximate surface area is 115 Å². The topological polar surface area (TPSA) is 73.6 Å². The summed E-state index contributed by atoms with van der Waals surface area (Å²) in [7, 11) is 1.63. The van der Waals surface area contributed by atoms with Crippen LogP contribution in [0.2, 0.25) is 0 Å². The molecule has 0 aromatic heterocycles. The van der Waals surface area contributed by atoms with Crippen LogP contribution in [0, 0.1) is 5.92 Å². The standard InChI is InChI=1S/C12H24N2O3.ClH/c1-16-7-8-17-6-5-14-12(15)9-10-3-2-4-11(10)13;/h10-11H,2-9,13H2,1H3,(H,14,15);1H/t10-,11+;/m0./s1. The molecule has 0 aromatic carbocycles. The Balaban J connectivity index is 0.00000289. The Morgan fingerprint density at radius 1 is 1.33 bits per heavy atom. The van der Waals surface area contributed by atoms with Gasteiger partial charge in [-0.3, -0.25) is 4.79 Å². The minimum Gasteiger partial charge on any atom is -0.382 e. The fourth-order valence-electron chi connectivity index (χ4n) is 2.14. The minimum absolute atomic E-state index is 0. The lowest BCUT2D eigenvalue weighted by Crippen LogP contribution is -2.33. The van der Waals surface area contributed by atoms with Crippen molar-refractivity contribution in [3.63, 3.8) is 0 Å². The van der Waals surface area contributed by atoms with Gasteiger partial charge in [-0.25, -0.2) is 0 Å². The molecule has 0 aliphatic heterocycles. The van der Waals surface area contributed by atoms with Gasteiger partial charge in [0.15, 0.2) is 0 Å². The van der Waals surface area contributed by atoms with Crippen LogP contribution < -0.4 is 11.1 Å². The van der Waals surface area contributed by atoms with E-state index in [2.05, 4.69) is 5.32 Å². The third-order valence-corrected chi connectivity index (χ3v) is 3.17. The van der Waals surface area contributed by atoms with Gasteiger partial charge in [0.1, 0.15) is 0 Å². The molecule has 1 saturated carbocycles. The number of hydrogen-bond acceptors (Lipinski definition) is 4. The highest BCUT2D eigenvalue weighted by molar-refractivity contribution is 5.85. The molecule has 0 heterocycles. The molecule has 0 aromatic rings. The molecule has 1 rings (SSSR count). The number of hydrogen-bond donors (Lipinski definition) is 2. The van der Waals surface area contributed by atoms with E-state index in [0.29, 0.717) is 38.7 Å². The van der Waals surface area contributed by atoms with Gasteiger partial charge in [0, 0.05) is 26.1 Å². The molecule has 0 spiro atoms. The van der Waals surface area contributed by atoms with E-state index >= 15 is 0 Å². The van der Waals surface area contributed by atoms with Gasteiger partial charge in [0.05, 0.1) is 19.8 Å². The Morgan fingerprint density at radius 2 is 2.11 bits per heavy atom. The summed E-state index contributed by atoms with van der Waals surface area (Å²) in [5.74, 6) is 0.451. The van der Waals surface area contributed by atoms with E-state index in [-0.39, 0.29) is 24.4 Å². The van der Waals surface area contributed by atoms with Crippen LogP contribution in [-0.4, -0.2) is 45.4 Å².